The molecule has 0 radical (unpaired) electrons. The number of nitrogens with one attached hydrogen (secondary N) is 1. The Morgan fingerprint density at radius 1 is 1.47 bits per heavy atom. The largest absolute Gasteiger partial charge is 0.372 e. The molecule has 19 heavy (non-hydrogen) atoms. The molecule has 0 aliphatic rings. The van der Waals surface area contributed by atoms with Crippen molar-refractivity contribution >= 4 is 22.9 Å². The molecule has 1 N–H and O–H groups in total. The fourth-order valence-corrected chi connectivity index (χ4v) is 1.87. The van der Waals surface area contributed by atoms with Crippen molar-refractivity contribution in [1.82, 2.24) is 9.55 Å². The van der Waals surface area contributed by atoms with Crippen molar-refractivity contribution in [2.24, 2.45) is 0 Å². The quantitative estimate of drug-likeness (QED) is 0.901. The van der Waals surface area contributed by atoms with Gasteiger partial charge in [-0.15, -0.1) is 0 Å². The number of halogens is 1. The van der Waals surface area contributed by atoms with E-state index >= 15 is 0 Å². The van der Waals surface area contributed by atoms with E-state index in [0.717, 1.165) is 5.52 Å². The van der Waals surface area contributed by atoms with Gasteiger partial charge in [0.05, 0.1) is 11.0 Å². The minimum atomic E-state index is -0.347. The van der Waals surface area contributed by atoms with E-state index in [0.29, 0.717) is 24.6 Å². The average Bonchev–Trinajstić information content (AvgIpc) is 2.72. The van der Waals surface area contributed by atoms with Gasteiger partial charge >= 0.3 is 0 Å². The molecule has 0 bridgehead atoms. The summed E-state index contributed by atoms with van der Waals surface area (Å²) in [6.45, 7) is 4.84. The molecule has 0 unspecified atom stereocenters. The number of benzene rings is 1. The van der Waals surface area contributed by atoms with Gasteiger partial charge < -0.3 is 9.30 Å². The first-order chi connectivity index (χ1) is 9.15. The van der Waals surface area contributed by atoms with Gasteiger partial charge in [-0.2, -0.15) is 0 Å². The molecule has 0 fully saturated rings. The zero-order chi connectivity index (χ0) is 13.8. The third-order valence-electron chi connectivity index (χ3n) is 2.72. The Hall–Kier alpha value is -1.95. The smallest absolute Gasteiger partial charge is 0.252 e. The standard InChI is InChI=1S/C13H16FN3O2/c1-3-17-11-6-5-9(14)7-10(11)15-13(17)16-12(18)8-19-4-2/h5-7H,3-4,8H2,1-2H3,(H,15,16,18). The predicted octanol–water partition coefficient (Wildman–Crippen LogP) is 2.17. The summed E-state index contributed by atoms with van der Waals surface area (Å²) in [7, 11) is 0. The molecule has 6 heteroatoms. The van der Waals surface area contributed by atoms with Gasteiger partial charge in [0.15, 0.2) is 0 Å². The molecule has 0 atom stereocenters. The molecule has 1 amide bonds. The van der Waals surface area contributed by atoms with Gasteiger partial charge in [0.25, 0.3) is 5.91 Å². The van der Waals surface area contributed by atoms with Crippen LogP contribution in [-0.2, 0) is 16.1 Å². The van der Waals surface area contributed by atoms with Crippen LogP contribution in [0.1, 0.15) is 13.8 Å². The maximum atomic E-state index is 13.2. The number of hydrogen-bond donors (Lipinski definition) is 1. The molecule has 102 valence electrons. The van der Waals surface area contributed by atoms with Gasteiger partial charge in [-0.25, -0.2) is 9.37 Å². The second-order valence-electron chi connectivity index (χ2n) is 4.00. The average molecular weight is 265 g/mol. The van der Waals surface area contributed by atoms with Crippen LogP contribution < -0.4 is 5.32 Å². The zero-order valence-electron chi connectivity index (χ0n) is 10.9. The van der Waals surface area contributed by atoms with Crippen LogP contribution in [0.15, 0.2) is 18.2 Å². The van der Waals surface area contributed by atoms with E-state index in [1.165, 1.54) is 12.1 Å². The Labute approximate surface area is 110 Å². The summed E-state index contributed by atoms with van der Waals surface area (Å²) < 4.78 is 20.0. The van der Waals surface area contributed by atoms with Crippen LogP contribution >= 0.6 is 0 Å². The summed E-state index contributed by atoms with van der Waals surface area (Å²) in [4.78, 5) is 15.8. The maximum absolute atomic E-state index is 13.2. The molecule has 2 aromatic rings. The van der Waals surface area contributed by atoms with E-state index in [-0.39, 0.29) is 18.3 Å². The molecule has 0 aliphatic carbocycles. The highest BCUT2D eigenvalue weighted by molar-refractivity contribution is 5.92. The first kappa shape index (κ1) is 13.5. The summed E-state index contributed by atoms with van der Waals surface area (Å²) in [5.74, 6) is -0.208. The van der Waals surface area contributed by atoms with Crippen LogP contribution in [0.4, 0.5) is 10.3 Å². The lowest BCUT2D eigenvalue weighted by atomic mass is 10.3. The molecule has 0 spiro atoms. The van der Waals surface area contributed by atoms with Crippen LogP contribution in [0.2, 0.25) is 0 Å². The van der Waals surface area contributed by atoms with Gasteiger partial charge in [0.1, 0.15) is 12.4 Å². The van der Waals surface area contributed by atoms with E-state index in [2.05, 4.69) is 10.3 Å². The zero-order valence-corrected chi connectivity index (χ0v) is 10.9. The van der Waals surface area contributed by atoms with E-state index in [4.69, 9.17) is 4.74 Å². The molecule has 0 saturated heterocycles. The predicted molar refractivity (Wildman–Crippen MR) is 70.5 cm³/mol. The van der Waals surface area contributed by atoms with Crippen LogP contribution in [0, 0.1) is 5.82 Å². The van der Waals surface area contributed by atoms with E-state index < -0.39 is 0 Å². The summed E-state index contributed by atoms with van der Waals surface area (Å²) in [6, 6.07) is 4.38. The Morgan fingerprint density at radius 2 is 2.26 bits per heavy atom. The van der Waals surface area contributed by atoms with Gasteiger partial charge in [-0.3, -0.25) is 10.1 Å². The molecule has 1 aromatic heterocycles. The Kier molecular flexibility index (Phi) is 4.11. The molecule has 0 saturated carbocycles. The lowest BCUT2D eigenvalue weighted by Crippen LogP contribution is -2.20. The number of imidazole rings is 1. The fourth-order valence-electron chi connectivity index (χ4n) is 1.87. The number of aryl methyl sites for hydroxylation is 1. The number of anilines is 1. The van der Waals surface area contributed by atoms with Crippen LogP contribution in [0.5, 0.6) is 0 Å². The van der Waals surface area contributed by atoms with Crippen LogP contribution in [0.25, 0.3) is 11.0 Å². The normalized spacial score (nSPS) is 10.9. The Balaban J connectivity index is 2.29. The number of hydrogen-bond acceptors (Lipinski definition) is 3. The Bertz CT molecular complexity index is 595. The van der Waals surface area contributed by atoms with E-state index in [1.54, 1.807) is 6.07 Å². The highest BCUT2D eigenvalue weighted by atomic mass is 19.1. The first-order valence-corrected chi connectivity index (χ1v) is 6.19. The second-order valence-corrected chi connectivity index (χ2v) is 4.00. The van der Waals surface area contributed by atoms with Crippen molar-refractivity contribution in [3.05, 3.63) is 24.0 Å². The molecular weight excluding hydrogens is 249 g/mol. The van der Waals surface area contributed by atoms with Crippen molar-refractivity contribution < 1.29 is 13.9 Å². The summed E-state index contributed by atoms with van der Waals surface area (Å²) in [6.07, 6.45) is 0. The monoisotopic (exact) mass is 265 g/mol. The van der Waals surface area contributed by atoms with Gasteiger partial charge in [0, 0.05) is 19.2 Å². The number of ether oxygens (including phenoxy) is 1. The third kappa shape index (κ3) is 2.90. The van der Waals surface area contributed by atoms with Crippen molar-refractivity contribution in [3.8, 4) is 0 Å². The van der Waals surface area contributed by atoms with Gasteiger partial charge in [-0.05, 0) is 26.0 Å². The number of amides is 1. The number of rotatable bonds is 5. The van der Waals surface area contributed by atoms with Crippen LogP contribution in [-0.4, -0.2) is 28.7 Å². The van der Waals surface area contributed by atoms with Crippen molar-refractivity contribution in [2.45, 2.75) is 20.4 Å². The highest BCUT2D eigenvalue weighted by Crippen LogP contribution is 2.20. The molecule has 5 nitrogen and oxygen atoms in total. The van der Waals surface area contributed by atoms with Crippen LogP contribution in [0.3, 0.4) is 0 Å². The Morgan fingerprint density at radius 3 is 2.95 bits per heavy atom. The lowest BCUT2D eigenvalue weighted by Gasteiger charge is -2.07. The van der Waals surface area contributed by atoms with Crippen molar-refractivity contribution in [3.63, 3.8) is 0 Å². The van der Waals surface area contributed by atoms with E-state index in [1.807, 2.05) is 18.4 Å². The fraction of sp³-hybridized carbons (Fsp3) is 0.385. The number of carbonyl (C=O) groups is 1. The van der Waals surface area contributed by atoms with Crippen molar-refractivity contribution in [2.75, 3.05) is 18.5 Å². The molecule has 1 heterocycles. The number of nitrogens with zero attached hydrogens (tertiary/aromatic N) is 2. The molecular formula is C13H16FN3O2. The summed E-state index contributed by atoms with van der Waals surface area (Å²) >= 11 is 0. The minimum Gasteiger partial charge on any atom is -0.372 e. The third-order valence-corrected chi connectivity index (χ3v) is 2.72. The molecule has 1 aromatic carbocycles. The molecule has 0 aliphatic heterocycles. The first-order valence-electron chi connectivity index (χ1n) is 6.19. The minimum absolute atomic E-state index is 0.0161. The SMILES string of the molecule is CCOCC(=O)Nc1nc2cc(F)ccc2n1CC. The van der Waals surface area contributed by atoms with Crippen molar-refractivity contribution in [1.29, 1.82) is 0 Å². The van der Waals surface area contributed by atoms with Gasteiger partial charge in [-0.1, -0.05) is 0 Å². The highest BCUT2D eigenvalue weighted by Gasteiger charge is 2.12. The number of fused-ring (bicyclic) bond motifs is 1. The lowest BCUT2D eigenvalue weighted by molar-refractivity contribution is -0.120. The maximum Gasteiger partial charge on any atom is 0.252 e. The van der Waals surface area contributed by atoms with Gasteiger partial charge in [0.2, 0.25) is 5.95 Å². The summed E-state index contributed by atoms with van der Waals surface area (Å²) in [5, 5.41) is 2.67. The molecule has 2 rings (SSSR count). The summed E-state index contributed by atoms with van der Waals surface area (Å²) in [5.41, 5.74) is 1.31. The topological polar surface area (TPSA) is 56.1 Å². The number of aromatic nitrogens is 2. The second kappa shape index (κ2) is 5.79. The number of carbonyl (C=O) groups excluding carboxylic acids is 1. The van der Waals surface area contributed by atoms with E-state index in [9.17, 15) is 9.18 Å².